The molecular weight excluding hydrogens is 299 g/mol. The number of halogens is 1. The van der Waals surface area contributed by atoms with Gasteiger partial charge in [0.25, 0.3) is 5.91 Å². The molecule has 0 radical (unpaired) electrons. The molecule has 8 heteroatoms. The molecule has 0 saturated heterocycles. The molecule has 1 rings (SSSR count). The van der Waals surface area contributed by atoms with E-state index in [-0.39, 0.29) is 25.1 Å². The highest BCUT2D eigenvalue weighted by atomic mass is 32.2. The quantitative estimate of drug-likeness (QED) is 0.641. The van der Waals surface area contributed by atoms with Gasteiger partial charge in [0.1, 0.15) is 5.82 Å². The van der Waals surface area contributed by atoms with Crippen LogP contribution in [0.25, 0.3) is 0 Å². The topological polar surface area (TPSA) is 109 Å². The number of primary sulfonamides is 1. The van der Waals surface area contributed by atoms with Gasteiger partial charge in [-0.05, 0) is 18.2 Å². The van der Waals surface area contributed by atoms with Gasteiger partial charge in [-0.3, -0.25) is 4.79 Å². The lowest BCUT2D eigenvalue weighted by Gasteiger charge is -2.06. The average molecular weight is 314 g/mol. The van der Waals surface area contributed by atoms with Crippen molar-refractivity contribution in [1.29, 1.82) is 0 Å². The van der Waals surface area contributed by atoms with Crippen LogP contribution in [0.3, 0.4) is 0 Å². The molecule has 0 spiro atoms. The van der Waals surface area contributed by atoms with Gasteiger partial charge in [0, 0.05) is 18.5 Å². The minimum atomic E-state index is -3.69. The van der Waals surface area contributed by atoms with Crippen LogP contribution in [0.15, 0.2) is 18.2 Å². The van der Waals surface area contributed by atoms with Gasteiger partial charge in [-0.1, -0.05) is 11.8 Å². The number of carbonyl (C=O) groups is 1. The molecule has 1 aromatic carbocycles. The van der Waals surface area contributed by atoms with Crippen LogP contribution in [0, 0.1) is 17.7 Å². The third-order valence-electron chi connectivity index (χ3n) is 2.35. The third kappa shape index (κ3) is 6.35. The molecule has 1 aromatic rings. The number of rotatable bonds is 5. The molecule has 0 aliphatic carbocycles. The second-order valence-electron chi connectivity index (χ2n) is 4.09. The standard InChI is InChI=1S/C13H15FN2O4S/c14-12-5-4-10(3-1-2-7-17)9-11(12)13(18)16-6-8-21(15,19)20/h4-5,9,17H,2,6-8H2,(H,16,18)(H2,15,19,20). The summed E-state index contributed by atoms with van der Waals surface area (Å²) in [6.07, 6.45) is 0.271. The molecule has 0 fully saturated rings. The average Bonchev–Trinajstić information content (AvgIpc) is 2.39. The first kappa shape index (κ1) is 17.1. The molecule has 0 heterocycles. The summed E-state index contributed by atoms with van der Waals surface area (Å²) in [4.78, 5) is 11.8. The Balaban J connectivity index is 2.79. The molecule has 1 amide bonds. The first-order valence-electron chi connectivity index (χ1n) is 6.01. The van der Waals surface area contributed by atoms with Gasteiger partial charge in [0.2, 0.25) is 10.0 Å². The highest BCUT2D eigenvalue weighted by molar-refractivity contribution is 7.89. The Hall–Kier alpha value is -1.95. The van der Waals surface area contributed by atoms with E-state index in [1.54, 1.807) is 0 Å². The fourth-order valence-corrected chi connectivity index (χ4v) is 1.79. The van der Waals surface area contributed by atoms with E-state index in [0.717, 1.165) is 6.07 Å². The van der Waals surface area contributed by atoms with Crippen LogP contribution >= 0.6 is 0 Å². The van der Waals surface area contributed by atoms with Crippen LogP contribution in [0.5, 0.6) is 0 Å². The molecule has 21 heavy (non-hydrogen) atoms. The summed E-state index contributed by atoms with van der Waals surface area (Å²) in [5.41, 5.74) is 0.182. The van der Waals surface area contributed by atoms with Crippen LogP contribution < -0.4 is 10.5 Å². The van der Waals surface area contributed by atoms with Gasteiger partial charge in [-0.15, -0.1) is 0 Å². The minimum absolute atomic E-state index is 0.0882. The predicted molar refractivity (Wildman–Crippen MR) is 75.3 cm³/mol. The Kier molecular flexibility index (Phi) is 6.30. The van der Waals surface area contributed by atoms with Crippen LogP contribution in [-0.4, -0.2) is 38.3 Å². The molecule has 6 nitrogen and oxygen atoms in total. The summed E-state index contributed by atoms with van der Waals surface area (Å²) in [5, 5.41) is 15.7. The lowest BCUT2D eigenvalue weighted by Crippen LogP contribution is -2.32. The number of aliphatic hydroxyl groups excluding tert-OH is 1. The normalized spacial score (nSPS) is 10.6. The molecule has 0 aromatic heterocycles. The number of carbonyl (C=O) groups excluding carboxylic acids is 1. The third-order valence-corrected chi connectivity index (χ3v) is 3.13. The number of hydrogen-bond acceptors (Lipinski definition) is 4. The maximum absolute atomic E-state index is 13.6. The number of nitrogens with two attached hydrogens (primary N) is 1. The highest BCUT2D eigenvalue weighted by Crippen LogP contribution is 2.10. The SMILES string of the molecule is NS(=O)(=O)CCNC(=O)c1cc(C#CCCO)ccc1F. The summed E-state index contributed by atoms with van der Waals surface area (Å²) in [5.74, 6) is 3.40. The van der Waals surface area contributed by atoms with Crippen molar-refractivity contribution in [1.82, 2.24) is 5.32 Å². The van der Waals surface area contributed by atoms with E-state index in [1.165, 1.54) is 12.1 Å². The van der Waals surface area contributed by atoms with Gasteiger partial charge >= 0.3 is 0 Å². The molecule has 0 saturated carbocycles. The molecule has 114 valence electrons. The van der Waals surface area contributed by atoms with Crippen molar-refractivity contribution in [2.24, 2.45) is 5.14 Å². The van der Waals surface area contributed by atoms with Crippen molar-refractivity contribution in [3.8, 4) is 11.8 Å². The summed E-state index contributed by atoms with van der Waals surface area (Å²) < 4.78 is 35.0. The minimum Gasteiger partial charge on any atom is -0.395 e. The highest BCUT2D eigenvalue weighted by Gasteiger charge is 2.12. The summed E-state index contributed by atoms with van der Waals surface area (Å²) in [6, 6.07) is 3.75. The Morgan fingerprint density at radius 1 is 1.43 bits per heavy atom. The zero-order chi connectivity index (χ0) is 15.9. The zero-order valence-corrected chi connectivity index (χ0v) is 11.9. The summed E-state index contributed by atoms with van der Waals surface area (Å²) in [7, 11) is -3.69. The second-order valence-corrected chi connectivity index (χ2v) is 5.83. The number of amides is 1. The van der Waals surface area contributed by atoms with E-state index in [2.05, 4.69) is 17.2 Å². The molecular formula is C13H15FN2O4S. The van der Waals surface area contributed by atoms with E-state index in [0.29, 0.717) is 5.56 Å². The van der Waals surface area contributed by atoms with Crippen LogP contribution in [0.2, 0.25) is 0 Å². The number of hydrogen-bond donors (Lipinski definition) is 3. The molecule has 0 bridgehead atoms. The van der Waals surface area contributed by atoms with E-state index in [4.69, 9.17) is 10.2 Å². The maximum Gasteiger partial charge on any atom is 0.254 e. The predicted octanol–water partition coefficient (Wildman–Crippen LogP) is -0.422. The van der Waals surface area contributed by atoms with Crippen molar-refractivity contribution >= 4 is 15.9 Å². The van der Waals surface area contributed by atoms with Crippen LogP contribution in [-0.2, 0) is 10.0 Å². The number of nitrogens with one attached hydrogen (secondary N) is 1. The fraction of sp³-hybridized carbons (Fsp3) is 0.308. The van der Waals surface area contributed by atoms with Gasteiger partial charge in [-0.25, -0.2) is 17.9 Å². The Morgan fingerprint density at radius 2 is 2.14 bits per heavy atom. The second kappa shape index (κ2) is 7.73. The van der Waals surface area contributed by atoms with Crippen molar-refractivity contribution in [3.05, 3.63) is 35.1 Å². The largest absolute Gasteiger partial charge is 0.395 e. The van der Waals surface area contributed by atoms with Crippen molar-refractivity contribution < 1.29 is 22.7 Å². The number of benzene rings is 1. The van der Waals surface area contributed by atoms with E-state index in [9.17, 15) is 17.6 Å². The first-order chi connectivity index (χ1) is 9.83. The van der Waals surface area contributed by atoms with Gasteiger partial charge in [-0.2, -0.15) is 0 Å². The Bertz CT molecular complexity index is 677. The van der Waals surface area contributed by atoms with Gasteiger partial charge < -0.3 is 10.4 Å². The van der Waals surface area contributed by atoms with Crippen LogP contribution in [0.4, 0.5) is 4.39 Å². The van der Waals surface area contributed by atoms with E-state index in [1.807, 2.05) is 0 Å². The Morgan fingerprint density at radius 3 is 2.76 bits per heavy atom. The van der Waals surface area contributed by atoms with Crippen molar-refractivity contribution in [2.75, 3.05) is 18.9 Å². The van der Waals surface area contributed by atoms with E-state index >= 15 is 0 Å². The molecule has 4 N–H and O–H groups in total. The van der Waals surface area contributed by atoms with Gasteiger partial charge in [0.05, 0.1) is 17.9 Å². The molecule has 0 aliphatic heterocycles. The monoisotopic (exact) mass is 314 g/mol. The first-order valence-corrected chi connectivity index (χ1v) is 7.73. The van der Waals surface area contributed by atoms with Crippen LogP contribution in [0.1, 0.15) is 22.3 Å². The van der Waals surface area contributed by atoms with E-state index < -0.39 is 27.5 Å². The summed E-state index contributed by atoms with van der Waals surface area (Å²) in [6.45, 7) is -0.299. The maximum atomic E-state index is 13.6. The van der Waals surface area contributed by atoms with Crippen molar-refractivity contribution in [3.63, 3.8) is 0 Å². The lowest BCUT2D eigenvalue weighted by molar-refractivity contribution is 0.0952. The Labute approximate surface area is 122 Å². The van der Waals surface area contributed by atoms with Crippen molar-refractivity contribution in [2.45, 2.75) is 6.42 Å². The fourth-order valence-electron chi connectivity index (χ4n) is 1.40. The lowest BCUT2D eigenvalue weighted by atomic mass is 10.1. The smallest absolute Gasteiger partial charge is 0.254 e. The summed E-state index contributed by atoms with van der Waals surface area (Å²) >= 11 is 0. The molecule has 0 unspecified atom stereocenters. The molecule has 0 aliphatic rings. The zero-order valence-electron chi connectivity index (χ0n) is 11.1. The van der Waals surface area contributed by atoms with Gasteiger partial charge in [0.15, 0.2) is 0 Å². The number of sulfonamides is 1. The number of aliphatic hydroxyl groups is 1. The molecule has 0 atom stereocenters.